The van der Waals surface area contributed by atoms with Gasteiger partial charge in [-0.25, -0.2) is 4.68 Å². The highest BCUT2D eigenvalue weighted by Gasteiger charge is 2.17. The first kappa shape index (κ1) is 16.3. The highest BCUT2D eigenvalue weighted by molar-refractivity contribution is 7.80. The maximum absolute atomic E-state index is 12.7. The van der Waals surface area contributed by atoms with E-state index in [-0.39, 0.29) is 11.6 Å². The molecule has 1 heterocycles. The Labute approximate surface area is 135 Å². The molecule has 118 valence electrons. The molecule has 0 aliphatic carbocycles. The fraction of sp³-hybridized carbons (Fsp3) is 0.375. The fourth-order valence-electron chi connectivity index (χ4n) is 2.19. The molecule has 0 amide bonds. The summed E-state index contributed by atoms with van der Waals surface area (Å²) in [5.74, 6) is 0. The second kappa shape index (κ2) is 6.79. The highest BCUT2D eigenvalue weighted by atomic mass is 32.1. The number of hydrogen-bond donors (Lipinski definition) is 2. The van der Waals surface area contributed by atoms with E-state index in [9.17, 15) is 4.79 Å². The lowest BCUT2D eigenvalue weighted by molar-refractivity contribution is 0.630. The number of para-hydroxylation sites is 1. The van der Waals surface area contributed by atoms with Crippen LogP contribution >= 0.6 is 12.2 Å². The van der Waals surface area contributed by atoms with Crippen molar-refractivity contribution in [2.45, 2.75) is 33.2 Å². The third-order valence-corrected chi connectivity index (χ3v) is 4.00. The second-order valence-corrected chi connectivity index (χ2v) is 5.75. The van der Waals surface area contributed by atoms with Crippen LogP contribution < -0.4 is 16.2 Å². The zero-order valence-electron chi connectivity index (χ0n) is 13.4. The number of rotatable bonds is 4. The molecule has 1 aromatic carbocycles. The van der Waals surface area contributed by atoms with Gasteiger partial charge < -0.3 is 10.6 Å². The smallest absolute Gasteiger partial charge is 0.295 e. The molecule has 22 heavy (non-hydrogen) atoms. The summed E-state index contributed by atoms with van der Waals surface area (Å²) in [4.78, 5) is 12.7. The van der Waals surface area contributed by atoms with Gasteiger partial charge in [0.15, 0.2) is 5.11 Å². The number of nitrogens with one attached hydrogen (secondary N) is 2. The van der Waals surface area contributed by atoms with E-state index < -0.39 is 0 Å². The first-order valence-corrected chi connectivity index (χ1v) is 7.78. The summed E-state index contributed by atoms with van der Waals surface area (Å²) in [6.07, 6.45) is 0.962. The number of thiocarbonyl (C=S) groups is 1. The molecule has 2 N–H and O–H groups in total. The molecule has 1 aromatic heterocycles. The van der Waals surface area contributed by atoms with E-state index in [4.69, 9.17) is 12.2 Å². The largest absolute Gasteiger partial charge is 0.360 e. The molecule has 0 radical (unpaired) electrons. The van der Waals surface area contributed by atoms with Crippen LogP contribution in [0.2, 0.25) is 0 Å². The van der Waals surface area contributed by atoms with Gasteiger partial charge in [0.1, 0.15) is 5.69 Å². The first-order valence-electron chi connectivity index (χ1n) is 7.37. The van der Waals surface area contributed by atoms with Gasteiger partial charge in [0.25, 0.3) is 5.56 Å². The lowest BCUT2D eigenvalue weighted by atomic mass is 10.3. The lowest BCUT2D eigenvalue weighted by Gasteiger charge is -2.14. The maximum atomic E-state index is 12.7. The van der Waals surface area contributed by atoms with Crippen molar-refractivity contribution in [3.8, 4) is 5.69 Å². The molecule has 0 unspecified atom stereocenters. The van der Waals surface area contributed by atoms with Gasteiger partial charge in [-0.1, -0.05) is 25.1 Å². The van der Waals surface area contributed by atoms with E-state index >= 15 is 0 Å². The van der Waals surface area contributed by atoms with Crippen LogP contribution in [0.4, 0.5) is 5.69 Å². The molecule has 6 heteroatoms. The normalized spacial score (nSPS) is 12.0. The number of nitrogens with zero attached hydrogens (tertiary/aromatic N) is 2. The molecule has 0 fully saturated rings. The van der Waals surface area contributed by atoms with Crippen molar-refractivity contribution in [2.75, 3.05) is 5.32 Å². The molecule has 0 aliphatic rings. The van der Waals surface area contributed by atoms with Gasteiger partial charge in [-0.2, -0.15) is 0 Å². The van der Waals surface area contributed by atoms with Crippen LogP contribution in [0.3, 0.4) is 0 Å². The Kier molecular flexibility index (Phi) is 5.03. The van der Waals surface area contributed by atoms with Crippen molar-refractivity contribution in [1.82, 2.24) is 14.7 Å². The minimum absolute atomic E-state index is 0.112. The van der Waals surface area contributed by atoms with Crippen LogP contribution in [-0.4, -0.2) is 20.5 Å². The van der Waals surface area contributed by atoms with E-state index in [0.717, 1.165) is 17.8 Å². The monoisotopic (exact) mass is 318 g/mol. The molecule has 0 saturated carbocycles. The van der Waals surface area contributed by atoms with E-state index in [1.165, 1.54) is 0 Å². The Morgan fingerprint density at radius 3 is 2.55 bits per heavy atom. The van der Waals surface area contributed by atoms with Crippen LogP contribution in [0, 0.1) is 6.92 Å². The minimum Gasteiger partial charge on any atom is -0.360 e. The van der Waals surface area contributed by atoms with Crippen LogP contribution in [0.5, 0.6) is 0 Å². The molecule has 0 saturated heterocycles. The third-order valence-electron chi connectivity index (χ3n) is 3.78. The molecule has 1 atom stereocenters. The van der Waals surface area contributed by atoms with Crippen LogP contribution in [0.1, 0.15) is 26.0 Å². The van der Waals surface area contributed by atoms with Gasteiger partial charge in [-0.3, -0.25) is 9.48 Å². The fourth-order valence-corrected chi connectivity index (χ4v) is 2.49. The Morgan fingerprint density at radius 2 is 1.95 bits per heavy atom. The van der Waals surface area contributed by atoms with Crippen molar-refractivity contribution in [3.63, 3.8) is 0 Å². The summed E-state index contributed by atoms with van der Waals surface area (Å²) < 4.78 is 3.45. The summed E-state index contributed by atoms with van der Waals surface area (Å²) in [5.41, 5.74) is 2.06. The first-order chi connectivity index (χ1) is 10.5. The lowest BCUT2D eigenvalue weighted by Crippen LogP contribution is -2.36. The molecule has 2 rings (SSSR count). The number of benzene rings is 1. The summed E-state index contributed by atoms with van der Waals surface area (Å²) in [5, 5.41) is 6.68. The SMILES string of the molecule is CC[C@@H](C)NC(=S)Nc1c(C)n(C)n(-c2ccccc2)c1=O. The number of hydrogen-bond acceptors (Lipinski definition) is 2. The number of aromatic nitrogens is 2. The molecule has 0 bridgehead atoms. The Morgan fingerprint density at radius 1 is 1.32 bits per heavy atom. The Balaban J connectivity index is 2.35. The number of anilines is 1. The van der Waals surface area contributed by atoms with Gasteiger partial charge >= 0.3 is 0 Å². The average molecular weight is 318 g/mol. The summed E-state index contributed by atoms with van der Waals surface area (Å²) in [6, 6.07) is 9.81. The van der Waals surface area contributed by atoms with Gasteiger partial charge in [0.05, 0.1) is 11.4 Å². The minimum atomic E-state index is -0.112. The topological polar surface area (TPSA) is 51.0 Å². The standard InChI is InChI=1S/C16H22N4OS/c1-5-11(2)17-16(22)18-14-12(3)19(4)20(15(14)21)13-9-7-6-8-10-13/h6-11H,5H2,1-4H3,(H2,17,18,22)/t11-/m1/s1. The van der Waals surface area contributed by atoms with Crippen molar-refractivity contribution >= 4 is 23.0 Å². The van der Waals surface area contributed by atoms with Crippen molar-refractivity contribution < 1.29 is 0 Å². The van der Waals surface area contributed by atoms with Gasteiger partial charge in [-0.05, 0) is 44.6 Å². The molecule has 0 spiro atoms. The molecule has 5 nitrogen and oxygen atoms in total. The quantitative estimate of drug-likeness (QED) is 0.851. The van der Waals surface area contributed by atoms with Crippen LogP contribution in [0.25, 0.3) is 5.69 Å². The molecule has 2 aromatic rings. The van der Waals surface area contributed by atoms with Crippen molar-refractivity contribution in [2.24, 2.45) is 7.05 Å². The van der Waals surface area contributed by atoms with E-state index in [2.05, 4.69) is 17.6 Å². The van der Waals surface area contributed by atoms with Crippen molar-refractivity contribution in [3.05, 3.63) is 46.4 Å². The predicted octanol–water partition coefficient (Wildman–Crippen LogP) is 2.57. The van der Waals surface area contributed by atoms with E-state index in [1.807, 2.05) is 55.9 Å². The molecular formula is C16H22N4OS. The highest BCUT2D eigenvalue weighted by Crippen LogP contribution is 2.13. The summed E-state index contributed by atoms with van der Waals surface area (Å²) in [6.45, 7) is 6.03. The maximum Gasteiger partial charge on any atom is 0.295 e. The van der Waals surface area contributed by atoms with Crippen molar-refractivity contribution in [1.29, 1.82) is 0 Å². The Bertz CT molecular complexity index is 718. The van der Waals surface area contributed by atoms with Gasteiger partial charge in [0, 0.05) is 13.1 Å². The predicted molar refractivity (Wildman–Crippen MR) is 94.9 cm³/mol. The zero-order chi connectivity index (χ0) is 16.3. The molecule has 0 aliphatic heterocycles. The molecular weight excluding hydrogens is 296 g/mol. The third kappa shape index (κ3) is 3.22. The zero-order valence-corrected chi connectivity index (χ0v) is 14.2. The van der Waals surface area contributed by atoms with E-state index in [0.29, 0.717) is 10.8 Å². The van der Waals surface area contributed by atoms with Gasteiger partial charge in [-0.15, -0.1) is 0 Å². The van der Waals surface area contributed by atoms with E-state index in [1.54, 1.807) is 4.68 Å². The summed E-state index contributed by atoms with van der Waals surface area (Å²) in [7, 11) is 1.86. The Hall–Kier alpha value is -2.08. The second-order valence-electron chi connectivity index (χ2n) is 5.34. The average Bonchev–Trinajstić information content (AvgIpc) is 2.72. The van der Waals surface area contributed by atoms with Gasteiger partial charge in [0.2, 0.25) is 0 Å². The van der Waals surface area contributed by atoms with Crippen LogP contribution in [0.15, 0.2) is 35.1 Å². The van der Waals surface area contributed by atoms with Crippen LogP contribution in [-0.2, 0) is 7.05 Å². The summed E-state index contributed by atoms with van der Waals surface area (Å²) >= 11 is 5.29.